The Morgan fingerprint density at radius 2 is 1.80 bits per heavy atom. The Balaban J connectivity index is 1.79. The molecule has 1 saturated carbocycles. The number of hydrogen-bond acceptors (Lipinski definition) is 2. The average molecular weight is 339 g/mol. The molecule has 0 spiro atoms. The van der Waals surface area contributed by atoms with E-state index in [1.54, 1.807) is 0 Å². The molecule has 0 heterocycles. The first-order valence-electron chi connectivity index (χ1n) is 8.94. The molecule has 0 saturated heterocycles. The molecule has 0 bridgehead atoms. The van der Waals surface area contributed by atoms with Crippen LogP contribution in [0.5, 0.6) is 0 Å². The fraction of sp³-hybridized carbons (Fsp3) is 0.400. The van der Waals surface area contributed by atoms with E-state index < -0.39 is 6.03 Å². The average Bonchev–Trinajstić information content (AvgIpc) is 3.13. The molecule has 3 amide bonds. The van der Waals surface area contributed by atoms with Gasteiger partial charge in [0.15, 0.2) is 0 Å². The third kappa shape index (κ3) is 4.29. The highest BCUT2D eigenvalue weighted by Gasteiger charge is 2.26. The summed E-state index contributed by atoms with van der Waals surface area (Å²) >= 11 is 0. The van der Waals surface area contributed by atoms with Crippen LogP contribution >= 0.6 is 0 Å². The van der Waals surface area contributed by atoms with Crippen LogP contribution in [0, 0.1) is 0 Å². The van der Waals surface area contributed by atoms with Crippen LogP contribution in [0.3, 0.4) is 0 Å². The minimum absolute atomic E-state index is 0.0774. The molecule has 1 aliphatic rings. The Morgan fingerprint density at radius 1 is 1.08 bits per heavy atom. The molecule has 0 radical (unpaired) electrons. The van der Waals surface area contributed by atoms with Crippen LogP contribution in [0.2, 0.25) is 0 Å². The number of hydrogen-bond donors (Lipinski definition) is 2. The molecule has 5 heteroatoms. The number of rotatable bonds is 6. The van der Waals surface area contributed by atoms with E-state index in [1.807, 2.05) is 23.1 Å². The van der Waals surface area contributed by atoms with Gasteiger partial charge in [0.05, 0.1) is 0 Å². The Hall–Kier alpha value is -2.56. The van der Waals surface area contributed by atoms with Crippen molar-refractivity contribution in [3.05, 3.63) is 48.0 Å². The fourth-order valence-electron chi connectivity index (χ4n) is 3.69. The van der Waals surface area contributed by atoms with Crippen molar-refractivity contribution >= 4 is 22.7 Å². The highest BCUT2D eigenvalue weighted by Crippen LogP contribution is 2.27. The van der Waals surface area contributed by atoms with Crippen molar-refractivity contribution in [3.8, 4) is 0 Å². The molecule has 0 unspecified atom stereocenters. The third-order valence-corrected chi connectivity index (χ3v) is 4.94. The number of amides is 3. The van der Waals surface area contributed by atoms with Gasteiger partial charge in [-0.2, -0.15) is 0 Å². The predicted octanol–water partition coefficient (Wildman–Crippen LogP) is 3.17. The van der Waals surface area contributed by atoms with Gasteiger partial charge in [0.25, 0.3) is 0 Å². The Morgan fingerprint density at radius 3 is 2.56 bits per heavy atom. The number of carbonyl (C=O) groups is 2. The zero-order valence-corrected chi connectivity index (χ0v) is 14.4. The molecule has 0 aliphatic heterocycles. The van der Waals surface area contributed by atoms with Gasteiger partial charge in [-0.3, -0.25) is 4.79 Å². The van der Waals surface area contributed by atoms with Gasteiger partial charge in [0, 0.05) is 25.6 Å². The van der Waals surface area contributed by atoms with Crippen molar-refractivity contribution in [3.63, 3.8) is 0 Å². The van der Waals surface area contributed by atoms with Gasteiger partial charge in [-0.1, -0.05) is 55.3 Å². The standard InChI is InChI=1S/C20H25N3O2/c21-20(25)22-13-12-19(24)23(17-9-2-3-10-17)14-16-8-5-7-15-6-1-4-11-18(15)16/h1,4-8,11,17H,2-3,9-10,12-14H2,(H3,21,22,25). The van der Waals surface area contributed by atoms with E-state index in [9.17, 15) is 9.59 Å². The van der Waals surface area contributed by atoms with E-state index >= 15 is 0 Å². The van der Waals surface area contributed by atoms with E-state index in [0.717, 1.165) is 12.8 Å². The normalized spacial score (nSPS) is 14.6. The summed E-state index contributed by atoms with van der Waals surface area (Å²) in [5, 5.41) is 4.89. The number of nitrogens with zero attached hydrogens (tertiary/aromatic N) is 1. The summed E-state index contributed by atoms with van der Waals surface area (Å²) in [6, 6.07) is 14.2. The molecule has 0 aromatic heterocycles. The molecular weight excluding hydrogens is 314 g/mol. The zero-order valence-electron chi connectivity index (χ0n) is 14.4. The second kappa shape index (κ2) is 8.01. The first-order chi connectivity index (χ1) is 12.1. The molecule has 3 rings (SSSR count). The summed E-state index contributed by atoms with van der Waals surface area (Å²) < 4.78 is 0. The van der Waals surface area contributed by atoms with Gasteiger partial charge < -0.3 is 16.0 Å². The molecule has 5 nitrogen and oxygen atoms in total. The largest absolute Gasteiger partial charge is 0.352 e. The monoisotopic (exact) mass is 339 g/mol. The summed E-state index contributed by atoms with van der Waals surface area (Å²) in [5.41, 5.74) is 6.26. The van der Waals surface area contributed by atoms with Gasteiger partial charge in [0.2, 0.25) is 5.91 Å². The first kappa shape index (κ1) is 17.3. The fourth-order valence-corrected chi connectivity index (χ4v) is 3.69. The second-order valence-electron chi connectivity index (χ2n) is 6.64. The SMILES string of the molecule is NC(=O)NCCC(=O)N(Cc1cccc2ccccc12)C1CCCC1. The molecule has 132 valence electrons. The van der Waals surface area contributed by atoms with E-state index in [-0.39, 0.29) is 18.9 Å². The van der Waals surface area contributed by atoms with Crippen molar-refractivity contribution in [2.24, 2.45) is 5.73 Å². The van der Waals surface area contributed by atoms with E-state index in [2.05, 4.69) is 29.6 Å². The minimum atomic E-state index is -0.589. The van der Waals surface area contributed by atoms with Crippen LogP contribution in [0.15, 0.2) is 42.5 Å². The van der Waals surface area contributed by atoms with Gasteiger partial charge >= 0.3 is 6.03 Å². The Bertz CT molecular complexity index is 748. The molecule has 25 heavy (non-hydrogen) atoms. The quantitative estimate of drug-likeness (QED) is 0.848. The molecule has 3 N–H and O–H groups in total. The summed E-state index contributed by atoms with van der Waals surface area (Å²) in [7, 11) is 0. The molecular formula is C20H25N3O2. The molecule has 0 atom stereocenters. The van der Waals surface area contributed by atoms with E-state index in [0.29, 0.717) is 12.6 Å². The lowest BCUT2D eigenvalue weighted by Gasteiger charge is -2.30. The minimum Gasteiger partial charge on any atom is -0.352 e. The van der Waals surface area contributed by atoms with Crippen molar-refractivity contribution in [1.82, 2.24) is 10.2 Å². The predicted molar refractivity (Wildman–Crippen MR) is 99.0 cm³/mol. The number of primary amides is 1. The third-order valence-electron chi connectivity index (χ3n) is 4.94. The van der Waals surface area contributed by atoms with Crippen molar-refractivity contribution in [2.45, 2.75) is 44.7 Å². The number of carbonyl (C=O) groups excluding carboxylic acids is 2. The van der Waals surface area contributed by atoms with Crippen molar-refractivity contribution in [1.29, 1.82) is 0 Å². The van der Waals surface area contributed by atoms with Gasteiger partial charge in [0.1, 0.15) is 0 Å². The van der Waals surface area contributed by atoms with Gasteiger partial charge in [-0.15, -0.1) is 0 Å². The molecule has 2 aromatic carbocycles. The smallest absolute Gasteiger partial charge is 0.312 e. The highest BCUT2D eigenvalue weighted by atomic mass is 16.2. The summed E-state index contributed by atoms with van der Waals surface area (Å²) in [6.07, 6.45) is 4.73. The van der Waals surface area contributed by atoms with Crippen LogP contribution in [-0.4, -0.2) is 29.4 Å². The molecule has 2 aromatic rings. The Labute approximate surface area is 148 Å². The van der Waals surface area contributed by atoms with Crippen molar-refractivity contribution < 1.29 is 9.59 Å². The van der Waals surface area contributed by atoms with E-state index in [4.69, 9.17) is 5.73 Å². The summed E-state index contributed by atoms with van der Waals surface area (Å²) in [5.74, 6) is 0.0774. The molecule has 1 aliphatic carbocycles. The number of nitrogens with two attached hydrogens (primary N) is 1. The number of fused-ring (bicyclic) bond motifs is 1. The summed E-state index contributed by atoms with van der Waals surface area (Å²) in [4.78, 5) is 25.6. The first-order valence-corrected chi connectivity index (χ1v) is 8.94. The second-order valence-corrected chi connectivity index (χ2v) is 6.64. The molecule has 1 fully saturated rings. The maximum absolute atomic E-state index is 12.8. The highest BCUT2D eigenvalue weighted by molar-refractivity contribution is 5.86. The number of nitrogens with one attached hydrogen (secondary N) is 1. The van der Waals surface area contributed by atoms with Gasteiger partial charge in [-0.25, -0.2) is 4.79 Å². The lowest BCUT2D eigenvalue weighted by Crippen LogP contribution is -2.40. The summed E-state index contributed by atoms with van der Waals surface area (Å²) in [6.45, 7) is 0.897. The lowest BCUT2D eigenvalue weighted by atomic mass is 10.0. The lowest BCUT2D eigenvalue weighted by molar-refractivity contribution is -0.134. The maximum atomic E-state index is 12.8. The maximum Gasteiger partial charge on any atom is 0.312 e. The van der Waals surface area contributed by atoms with Crippen LogP contribution in [0.4, 0.5) is 4.79 Å². The van der Waals surface area contributed by atoms with Crippen LogP contribution in [-0.2, 0) is 11.3 Å². The number of urea groups is 1. The van der Waals surface area contributed by atoms with Crippen LogP contribution in [0.1, 0.15) is 37.7 Å². The van der Waals surface area contributed by atoms with E-state index in [1.165, 1.54) is 29.2 Å². The van der Waals surface area contributed by atoms with Crippen LogP contribution in [0.25, 0.3) is 10.8 Å². The zero-order chi connectivity index (χ0) is 17.6. The van der Waals surface area contributed by atoms with Gasteiger partial charge in [-0.05, 0) is 29.2 Å². The number of benzene rings is 2. The van der Waals surface area contributed by atoms with Crippen molar-refractivity contribution in [2.75, 3.05) is 6.54 Å². The Kier molecular flexibility index (Phi) is 5.53. The topological polar surface area (TPSA) is 75.4 Å². The van der Waals surface area contributed by atoms with Crippen LogP contribution < -0.4 is 11.1 Å².